The molecule has 3 rings (SSSR count). The summed E-state index contributed by atoms with van der Waals surface area (Å²) in [5, 5.41) is -0.283. The third-order valence-electron chi connectivity index (χ3n) is 3.62. The Morgan fingerprint density at radius 1 is 1.17 bits per heavy atom. The van der Waals surface area contributed by atoms with Gasteiger partial charge in [0.05, 0.1) is 16.9 Å². The molecule has 1 aliphatic heterocycles. The van der Waals surface area contributed by atoms with Gasteiger partial charge < -0.3 is 4.42 Å². The number of hydrogen-bond acceptors (Lipinski definition) is 4. The van der Waals surface area contributed by atoms with Crippen LogP contribution in [0.5, 0.6) is 0 Å². The third-order valence-corrected chi connectivity index (χ3v) is 4.49. The van der Waals surface area contributed by atoms with E-state index in [-0.39, 0.29) is 11.1 Å². The van der Waals surface area contributed by atoms with Crippen molar-refractivity contribution in [1.29, 1.82) is 0 Å². The maximum absolute atomic E-state index is 12.5. The van der Waals surface area contributed by atoms with Gasteiger partial charge in [0, 0.05) is 6.08 Å². The van der Waals surface area contributed by atoms with Crippen molar-refractivity contribution >= 4 is 34.7 Å². The number of unbranched alkanes of at least 4 members (excludes halogenated alkanes) is 1. The molecule has 0 atom stereocenters. The average Bonchev–Trinajstić information content (AvgIpc) is 3.15. The van der Waals surface area contributed by atoms with Gasteiger partial charge in [0.2, 0.25) is 0 Å². The van der Waals surface area contributed by atoms with Crippen LogP contribution in [0.2, 0.25) is 0 Å². The first-order chi connectivity index (χ1) is 11.2. The number of rotatable bonds is 5. The van der Waals surface area contributed by atoms with Crippen LogP contribution in [-0.4, -0.2) is 11.1 Å². The van der Waals surface area contributed by atoms with Crippen LogP contribution in [0.3, 0.4) is 0 Å². The van der Waals surface area contributed by atoms with Crippen LogP contribution in [-0.2, 0) is 11.2 Å². The Hall–Kier alpha value is -2.27. The molecule has 0 saturated carbocycles. The molecule has 0 aliphatic carbocycles. The fourth-order valence-electron chi connectivity index (χ4n) is 2.39. The van der Waals surface area contributed by atoms with Gasteiger partial charge in [0.25, 0.3) is 11.1 Å². The zero-order valence-corrected chi connectivity index (χ0v) is 13.6. The fourth-order valence-corrected chi connectivity index (χ4v) is 3.21. The number of hydrogen-bond donors (Lipinski definition) is 0. The SMILES string of the molecule is CCCCc1ccc(N2C(=O)S/C(=C/c3ccco3)C2=O)cc1. The first-order valence-corrected chi connectivity index (χ1v) is 8.41. The van der Waals surface area contributed by atoms with Gasteiger partial charge in [-0.15, -0.1) is 0 Å². The normalized spacial score (nSPS) is 16.6. The van der Waals surface area contributed by atoms with Gasteiger partial charge in [-0.2, -0.15) is 0 Å². The Morgan fingerprint density at radius 3 is 2.61 bits per heavy atom. The molecule has 118 valence electrons. The third kappa shape index (κ3) is 3.40. The summed E-state index contributed by atoms with van der Waals surface area (Å²) in [6.07, 6.45) is 6.41. The minimum Gasteiger partial charge on any atom is -0.465 e. The topological polar surface area (TPSA) is 50.5 Å². The van der Waals surface area contributed by atoms with E-state index in [1.165, 1.54) is 16.7 Å². The van der Waals surface area contributed by atoms with Crippen LogP contribution in [0.25, 0.3) is 6.08 Å². The van der Waals surface area contributed by atoms with E-state index in [1.54, 1.807) is 18.2 Å². The predicted molar refractivity (Wildman–Crippen MR) is 92.2 cm³/mol. The number of benzene rings is 1. The average molecular weight is 327 g/mol. The quantitative estimate of drug-likeness (QED) is 0.736. The minimum atomic E-state index is -0.308. The standard InChI is InChI=1S/C18H17NO3S/c1-2-3-5-13-7-9-14(10-8-13)19-17(20)16(23-18(19)21)12-15-6-4-11-22-15/h4,6-12H,2-3,5H2,1H3/b16-12+. The molecule has 23 heavy (non-hydrogen) atoms. The van der Waals surface area contributed by atoms with E-state index in [2.05, 4.69) is 6.92 Å². The van der Waals surface area contributed by atoms with Crippen LogP contribution in [0.15, 0.2) is 52.0 Å². The Balaban J connectivity index is 1.80. The number of imide groups is 1. The van der Waals surface area contributed by atoms with Gasteiger partial charge in [0.1, 0.15) is 5.76 Å². The summed E-state index contributed by atoms with van der Waals surface area (Å²) >= 11 is 0.931. The van der Waals surface area contributed by atoms with Crippen LogP contribution in [0, 0.1) is 0 Å². The van der Waals surface area contributed by atoms with Gasteiger partial charge in [-0.05, 0) is 54.4 Å². The van der Waals surface area contributed by atoms with Crippen molar-refractivity contribution in [2.45, 2.75) is 26.2 Å². The number of carbonyl (C=O) groups excluding carboxylic acids is 2. The monoisotopic (exact) mass is 327 g/mol. The largest absolute Gasteiger partial charge is 0.465 e. The van der Waals surface area contributed by atoms with E-state index in [1.807, 2.05) is 24.3 Å². The minimum absolute atomic E-state index is 0.283. The van der Waals surface area contributed by atoms with E-state index in [9.17, 15) is 9.59 Å². The number of furan rings is 1. The van der Waals surface area contributed by atoms with Crippen molar-refractivity contribution < 1.29 is 14.0 Å². The molecule has 2 heterocycles. The van der Waals surface area contributed by atoms with Gasteiger partial charge in [-0.3, -0.25) is 9.59 Å². The maximum atomic E-state index is 12.5. The zero-order chi connectivity index (χ0) is 16.2. The molecule has 2 amide bonds. The number of nitrogens with zero attached hydrogens (tertiary/aromatic N) is 1. The first-order valence-electron chi connectivity index (χ1n) is 7.59. The van der Waals surface area contributed by atoms with Crippen molar-refractivity contribution in [3.63, 3.8) is 0 Å². The second-order valence-corrected chi connectivity index (χ2v) is 6.30. The van der Waals surface area contributed by atoms with E-state index in [0.717, 1.165) is 31.0 Å². The lowest BCUT2D eigenvalue weighted by Gasteiger charge is -2.13. The van der Waals surface area contributed by atoms with Crippen LogP contribution in [0.1, 0.15) is 31.1 Å². The summed E-state index contributed by atoms with van der Waals surface area (Å²) in [5.41, 5.74) is 1.82. The molecule has 5 heteroatoms. The van der Waals surface area contributed by atoms with Crippen molar-refractivity contribution in [1.82, 2.24) is 0 Å². The van der Waals surface area contributed by atoms with Crippen molar-refractivity contribution in [2.75, 3.05) is 4.90 Å². The summed E-state index contributed by atoms with van der Waals surface area (Å²) in [6.45, 7) is 2.15. The molecule has 0 N–H and O–H groups in total. The highest BCUT2D eigenvalue weighted by molar-refractivity contribution is 8.19. The highest BCUT2D eigenvalue weighted by Crippen LogP contribution is 2.35. The van der Waals surface area contributed by atoms with Crippen LogP contribution in [0.4, 0.5) is 10.5 Å². The molecule has 1 aliphatic rings. The second-order valence-electron chi connectivity index (χ2n) is 5.30. The van der Waals surface area contributed by atoms with Crippen LogP contribution >= 0.6 is 11.8 Å². The van der Waals surface area contributed by atoms with E-state index in [4.69, 9.17) is 4.42 Å². The molecule has 0 radical (unpaired) electrons. The number of anilines is 1. The van der Waals surface area contributed by atoms with E-state index in [0.29, 0.717) is 16.4 Å². The lowest BCUT2D eigenvalue weighted by atomic mass is 10.1. The maximum Gasteiger partial charge on any atom is 0.298 e. The van der Waals surface area contributed by atoms with Gasteiger partial charge >= 0.3 is 0 Å². The summed E-state index contributed by atoms with van der Waals surface area (Å²) in [7, 11) is 0. The highest BCUT2D eigenvalue weighted by Gasteiger charge is 2.36. The molecule has 0 unspecified atom stereocenters. The number of carbonyl (C=O) groups is 2. The molecule has 0 spiro atoms. The summed E-state index contributed by atoms with van der Waals surface area (Å²) in [4.78, 5) is 26.2. The molecule has 1 saturated heterocycles. The molecule has 0 bridgehead atoms. The molecular weight excluding hydrogens is 310 g/mol. The number of aryl methyl sites for hydroxylation is 1. The highest BCUT2D eigenvalue weighted by atomic mass is 32.2. The lowest BCUT2D eigenvalue weighted by molar-refractivity contribution is -0.113. The fraction of sp³-hybridized carbons (Fsp3) is 0.222. The number of thioether (sulfide) groups is 1. The molecule has 1 aromatic carbocycles. The van der Waals surface area contributed by atoms with Crippen molar-refractivity contribution in [3.05, 3.63) is 58.9 Å². The van der Waals surface area contributed by atoms with Gasteiger partial charge in [-0.1, -0.05) is 25.5 Å². The predicted octanol–water partition coefficient (Wildman–Crippen LogP) is 4.86. The molecular formula is C18H17NO3S. The van der Waals surface area contributed by atoms with Crippen LogP contribution < -0.4 is 4.90 Å². The van der Waals surface area contributed by atoms with E-state index < -0.39 is 0 Å². The zero-order valence-electron chi connectivity index (χ0n) is 12.8. The molecule has 1 aromatic heterocycles. The van der Waals surface area contributed by atoms with Gasteiger partial charge in [-0.25, -0.2) is 4.90 Å². The Bertz CT molecular complexity index is 732. The lowest BCUT2D eigenvalue weighted by Crippen LogP contribution is -2.27. The molecule has 4 nitrogen and oxygen atoms in total. The summed E-state index contributed by atoms with van der Waals surface area (Å²) in [5.74, 6) is 0.253. The summed E-state index contributed by atoms with van der Waals surface area (Å²) < 4.78 is 5.20. The Morgan fingerprint density at radius 2 is 1.96 bits per heavy atom. The second kappa shape index (κ2) is 6.87. The number of amides is 2. The smallest absolute Gasteiger partial charge is 0.298 e. The Labute approximate surface area is 139 Å². The molecule has 1 fully saturated rings. The van der Waals surface area contributed by atoms with E-state index >= 15 is 0 Å². The van der Waals surface area contributed by atoms with Crippen molar-refractivity contribution in [2.24, 2.45) is 0 Å². The first kappa shape index (κ1) is 15.6. The Kier molecular flexibility index (Phi) is 4.67. The molecule has 2 aromatic rings. The van der Waals surface area contributed by atoms with Gasteiger partial charge in [0.15, 0.2) is 0 Å². The summed E-state index contributed by atoms with van der Waals surface area (Å²) in [6, 6.07) is 11.1. The van der Waals surface area contributed by atoms with Crippen molar-refractivity contribution in [3.8, 4) is 0 Å².